The van der Waals surface area contributed by atoms with Gasteiger partial charge in [-0.1, -0.05) is 46.6 Å². The molecule has 0 spiro atoms. The summed E-state index contributed by atoms with van der Waals surface area (Å²) in [6.07, 6.45) is 3.27. The average molecular weight is 377 g/mol. The van der Waals surface area contributed by atoms with E-state index in [1.807, 2.05) is 6.26 Å². The fraction of sp³-hybridized carbons (Fsp3) is 0.154. The Hall–Kier alpha value is -1.21. The van der Waals surface area contributed by atoms with Crippen LogP contribution in [0, 0.1) is 0 Å². The van der Waals surface area contributed by atoms with Crippen molar-refractivity contribution in [2.45, 2.75) is 5.16 Å². The third-order valence-electron chi connectivity index (χ3n) is 2.97. The number of anilines is 1. The van der Waals surface area contributed by atoms with E-state index in [9.17, 15) is 4.79 Å². The number of carbonyl (C=O) groups excluding carboxylic acids is 1. The maximum atomic E-state index is 12.6. The van der Waals surface area contributed by atoms with Crippen LogP contribution >= 0.6 is 46.6 Å². The Balaban J connectivity index is 2.03. The third kappa shape index (κ3) is 2.72. The number of ether oxygens (including phenoxy) is 1. The number of aromatic nitrogens is 2. The minimum Gasteiger partial charge on any atom is -0.455 e. The Morgan fingerprint density at radius 3 is 2.59 bits per heavy atom. The molecule has 0 atom stereocenters. The highest BCUT2D eigenvalue weighted by Crippen LogP contribution is 2.39. The Morgan fingerprint density at radius 1 is 1.27 bits per heavy atom. The molecule has 0 aliphatic carbocycles. The van der Waals surface area contributed by atoms with E-state index in [1.165, 1.54) is 35.0 Å². The molecule has 0 unspecified atom stereocenters. The first-order chi connectivity index (χ1) is 10.5. The summed E-state index contributed by atoms with van der Waals surface area (Å²) in [5, 5.41) is 1.44. The summed E-state index contributed by atoms with van der Waals surface area (Å²) in [5.74, 6) is -0.0816. The van der Waals surface area contributed by atoms with Crippen molar-refractivity contribution in [3.8, 4) is 5.88 Å². The van der Waals surface area contributed by atoms with Gasteiger partial charge in [-0.05, 0) is 18.4 Å². The van der Waals surface area contributed by atoms with Crippen molar-refractivity contribution in [1.29, 1.82) is 0 Å². The Bertz CT molecular complexity index is 749. The van der Waals surface area contributed by atoms with Gasteiger partial charge >= 0.3 is 0 Å². The number of halogens is 3. The topological polar surface area (TPSA) is 55.3 Å². The smallest absolute Gasteiger partial charge is 0.268 e. The molecule has 0 radical (unpaired) electrons. The van der Waals surface area contributed by atoms with Crippen LogP contribution in [0.1, 0.15) is 10.4 Å². The van der Waals surface area contributed by atoms with Gasteiger partial charge in [0.15, 0.2) is 11.9 Å². The molecule has 9 heteroatoms. The predicted molar refractivity (Wildman–Crippen MR) is 87.6 cm³/mol. The summed E-state index contributed by atoms with van der Waals surface area (Å²) in [7, 11) is 0. The second-order valence-corrected chi connectivity index (χ2v) is 6.32. The standard InChI is InChI=1S/C13H8Cl3N3O2S/c1-22-13-17-4-7-11(18-13)21-5-19(12(7)20)10-8(15)2-6(14)3-9(10)16/h2-4H,5H2,1H3. The second-order valence-electron chi connectivity index (χ2n) is 4.30. The van der Waals surface area contributed by atoms with Crippen LogP contribution in [0.15, 0.2) is 23.5 Å². The number of rotatable bonds is 2. The lowest BCUT2D eigenvalue weighted by molar-refractivity contribution is 0.0931. The summed E-state index contributed by atoms with van der Waals surface area (Å²) < 4.78 is 5.53. The molecule has 2 heterocycles. The van der Waals surface area contributed by atoms with Gasteiger partial charge in [0, 0.05) is 11.2 Å². The van der Waals surface area contributed by atoms with E-state index in [1.54, 1.807) is 0 Å². The highest BCUT2D eigenvalue weighted by atomic mass is 35.5. The number of thioether (sulfide) groups is 1. The summed E-state index contributed by atoms with van der Waals surface area (Å²) in [6.45, 7) is -0.0439. The molecule has 2 aromatic rings. The zero-order valence-electron chi connectivity index (χ0n) is 11.1. The first-order valence-corrected chi connectivity index (χ1v) is 8.37. The van der Waals surface area contributed by atoms with Gasteiger partial charge in [-0.15, -0.1) is 0 Å². The molecule has 1 aliphatic heterocycles. The van der Waals surface area contributed by atoms with Crippen molar-refractivity contribution in [2.24, 2.45) is 0 Å². The largest absolute Gasteiger partial charge is 0.455 e. The molecular weight excluding hydrogens is 369 g/mol. The Labute approximate surface area is 145 Å². The monoisotopic (exact) mass is 375 g/mol. The van der Waals surface area contributed by atoms with Crippen LogP contribution in [0.2, 0.25) is 15.1 Å². The highest BCUT2D eigenvalue weighted by Gasteiger charge is 2.31. The van der Waals surface area contributed by atoms with E-state index < -0.39 is 0 Å². The molecular formula is C13H8Cl3N3O2S. The van der Waals surface area contributed by atoms with Crippen LogP contribution in [0.5, 0.6) is 5.88 Å². The van der Waals surface area contributed by atoms with Crippen LogP contribution in [-0.4, -0.2) is 28.9 Å². The van der Waals surface area contributed by atoms with Gasteiger partial charge in [-0.2, -0.15) is 4.98 Å². The van der Waals surface area contributed by atoms with Gasteiger partial charge < -0.3 is 4.74 Å². The fourth-order valence-electron chi connectivity index (χ4n) is 1.99. The Kier molecular flexibility index (Phi) is 4.36. The zero-order valence-corrected chi connectivity index (χ0v) is 14.2. The predicted octanol–water partition coefficient (Wildman–Crippen LogP) is 4.16. The van der Waals surface area contributed by atoms with Crippen LogP contribution < -0.4 is 9.64 Å². The van der Waals surface area contributed by atoms with E-state index in [2.05, 4.69) is 9.97 Å². The van der Waals surface area contributed by atoms with Gasteiger partial charge in [-0.3, -0.25) is 9.69 Å². The SMILES string of the molecule is CSc1ncc2c(n1)OCN(c1c(Cl)cc(Cl)cc1Cl)C2=O. The molecule has 1 aromatic carbocycles. The molecule has 1 aromatic heterocycles. The first kappa shape index (κ1) is 15.7. The quantitative estimate of drug-likeness (QED) is 0.582. The van der Waals surface area contributed by atoms with Crippen molar-refractivity contribution in [3.05, 3.63) is 39.0 Å². The first-order valence-electron chi connectivity index (χ1n) is 6.01. The van der Waals surface area contributed by atoms with E-state index in [4.69, 9.17) is 39.5 Å². The Morgan fingerprint density at radius 2 is 1.95 bits per heavy atom. The number of amides is 1. The van der Waals surface area contributed by atoms with Crippen molar-refractivity contribution >= 4 is 58.2 Å². The number of hydrogen-bond donors (Lipinski definition) is 0. The lowest BCUT2D eigenvalue weighted by atomic mass is 10.2. The summed E-state index contributed by atoms with van der Waals surface area (Å²) in [4.78, 5) is 22.2. The molecule has 114 valence electrons. The zero-order chi connectivity index (χ0) is 15.9. The molecule has 0 fully saturated rings. The molecule has 0 saturated heterocycles. The van der Waals surface area contributed by atoms with Crippen molar-refractivity contribution in [3.63, 3.8) is 0 Å². The van der Waals surface area contributed by atoms with Gasteiger partial charge in [-0.25, -0.2) is 4.98 Å². The van der Waals surface area contributed by atoms with Crippen LogP contribution in [0.25, 0.3) is 0 Å². The van der Waals surface area contributed by atoms with Crippen LogP contribution in [0.3, 0.4) is 0 Å². The van der Waals surface area contributed by atoms with Gasteiger partial charge in [0.25, 0.3) is 5.91 Å². The minimum atomic E-state index is -0.333. The lowest BCUT2D eigenvalue weighted by Crippen LogP contribution is -2.39. The average Bonchev–Trinajstić information content (AvgIpc) is 2.48. The summed E-state index contributed by atoms with van der Waals surface area (Å²) >= 11 is 19.6. The molecule has 22 heavy (non-hydrogen) atoms. The van der Waals surface area contributed by atoms with Gasteiger partial charge in [0.05, 0.1) is 15.7 Å². The number of nitrogens with zero attached hydrogens (tertiary/aromatic N) is 3. The van der Waals surface area contributed by atoms with Crippen molar-refractivity contribution in [1.82, 2.24) is 9.97 Å². The lowest BCUT2D eigenvalue weighted by Gasteiger charge is -2.29. The molecule has 0 N–H and O–H groups in total. The molecule has 5 nitrogen and oxygen atoms in total. The van der Waals surface area contributed by atoms with E-state index in [-0.39, 0.29) is 34.1 Å². The molecule has 3 rings (SSSR count). The van der Waals surface area contributed by atoms with Gasteiger partial charge in [0.2, 0.25) is 5.88 Å². The number of carbonyl (C=O) groups is 1. The van der Waals surface area contributed by atoms with E-state index in [0.29, 0.717) is 15.9 Å². The molecule has 0 bridgehead atoms. The van der Waals surface area contributed by atoms with Crippen LogP contribution in [-0.2, 0) is 0 Å². The third-order valence-corrected chi connectivity index (χ3v) is 4.33. The fourth-order valence-corrected chi connectivity index (χ4v) is 3.35. The molecule has 1 aliphatic rings. The maximum Gasteiger partial charge on any atom is 0.268 e. The van der Waals surface area contributed by atoms with Crippen molar-refractivity contribution in [2.75, 3.05) is 17.9 Å². The number of hydrogen-bond acceptors (Lipinski definition) is 5. The van der Waals surface area contributed by atoms with Crippen LogP contribution in [0.4, 0.5) is 5.69 Å². The number of fused-ring (bicyclic) bond motifs is 1. The second kappa shape index (κ2) is 6.12. The molecule has 1 amide bonds. The van der Waals surface area contributed by atoms with Gasteiger partial charge in [0.1, 0.15) is 5.56 Å². The summed E-state index contributed by atoms with van der Waals surface area (Å²) in [5.41, 5.74) is 0.600. The normalized spacial score (nSPS) is 13.8. The highest BCUT2D eigenvalue weighted by molar-refractivity contribution is 7.98. The van der Waals surface area contributed by atoms with Crippen molar-refractivity contribution < 1.29 is 9.53 Å². The maximum absolute atomic E-state index is 12.6. The number of benzene rings is 1. The van der Waals surface area contributed by atoms with E-state index >= 15 is 0 Å². The van der Waals surface area contributed by atoms with E-state index in [0.717, 1.165) is 0 Å². The molecule has 0 saturated carbocycles. The minimum absolute atomic E-state index is 0.0439. The summed E-state index contributed by atoms with van der Waals surface area (Å²) in [6, 6.07) is 3.03.